The first-order valence-corrected chi connectivity index (χ1v) is 9.59. The number of nitrogen functional groups attached to an aromatic ring is 1. The Kier molecular flexibility index (Phi) is 4.68. The van der Waals surface area contributed by atoms with E-state index in [0.717, 1.165) is 17.1 Å². The van der Waals surface area contributed by atoms with E-state index in [0.29, 0.717) is 11.0 Å². The van der Waals surface area contributed by atoms with E-state index < -0.39 is 29.6 Å². The molecule has 0 saturated carbocycles. The number of ether oxygens (including phenoxy) is 1. The number of rotatable bonds is 2. The van der Waals surface area contributed by atoms with Crippen LogP contribution in [0.5, 0.6) is 0 Å². The van der Waals surface area contributed by atoms with Crippen molar-refractivity contribution in [3.63, 3.8) is 0 Å². The van der Waals surface area contributed by atoms with Gasteiger partial charge in [-0.2, -0.15) is 13.2 Å². The van der Waals surface area contributed by atoms with Gasteiger partial charge in [0.15, 0.2) is 0 Å². The first kappa shape index (κ1) is 21.0. The number of nitrogens with zero attached hydrogens (tertiary/aromatic N) is 5. The molecule has 0 fully saturated rings. The summed E-state index contributed by atoms with van der Waals surface area (Å²) in [5, 5.41) is 0.729. The van der Waals surface area contributed by atoms with E-state index in [-0.39, 0.29) is 41.4 Å². The zero-order valence-corrected chi connectivity index (χ0v) is 16.7. The molecule has 1 amide bonds. The maximum atomic E-state index is 14.9. The van der Waals surface area contributed by atoms with E-state index in [2.05, 4.69) is 15.0 Å². The van der Waals surface area contributed by atoms with Gasteiger partial charge < -0.3 is 10.5 Å². The van der Waals surface area contributed by atoms with Crippen molar-refractivity contribution in [2.24, 2.45) is 5.84 Å². The molecule has 4 N–H and O–H groups in total. The van der Waals surface area contributed by atoms with E-state index in [9.17, 15) is 22.4 Å². The molecule has 33 heavy (non-hydrogen) atoms. The summed E-state index contributed by atoms with van der Waals surface area (Å²) in [6.07, 6.45) is -1.72. The third-order valence-electron chi connectivity index (χ3n) is 5.44. The quantitative estimate of drug-likeness (QED) is 0.203. The Morgan fingerprint density at radius 1 is 1.21 bits per heavy atom. The predicted octanol–water partition coefficient (Wildman–Crippen LogP) is 2.61. The van der Waals surface area contributed by atoms with Crippen LogP contribution < -0.4 is 11.6 Å². The van der Waals surface area contributed by atoms with Crippen molar-refractivity contribution in [3.05, 3.63) is 65.1 Å². The number of hydrogen-bond donors (Lipinski definition) is 2. The van der Waals surface area contributed by atoms with Gasteiger partial charge in [-0.1, -0.05) is 6.07 Å². The van der Waals surface area contributed by atoms with Gasteiger partial charge in [-0.05, 0) is 12.1 Å². The highest BCUT2D eigenvalue weighted by atomic mass is 19.4. The number of carbonyl (C=O) groups is 1. The van der Waals surface area contributed by atoms with Crippen LogP contribution in [0.25, 0.3) is 16.6 Å². The number of amides is 1. The topological polar surface area (TPSA) is 125 Å². The summed E-state index contributed by atoms with van der Waals surface area (Å²) in [5.41, 5.74) is 5.75. The molecule has 0 bridgehead atoms. The fraction of sp³-hybridized carbons (Fsp3) is 0.200. The maximum Gasteiger partial charge on any atom is 0.433 e. The summed E-state index contributed by atoms with van der Waals surface area (Å²) in [4.78, 5) is 24.8. The van der Waals surface area contributed by atoms with Crippen molar-refractivity contribution in [1.82, 2.24) is 24.4 Å². The van der Waals surface area contributed by atoms with Gasteiger partial charge in [-0.3, -0.25) is 14.2 Å². The Balaban J connectivity index is 1.54. The number of alkyl halides is 3. The molecule has 1 aliphatic rings. The molecule has 0 spiro atoms. The summed E-state index contributed by atoms with van der Waals surface area (Å²) >= 11 is 0. The fourth-order valence-corrected chi connectivity index (χ4v) is 3.82. The zero-order valence-electron chi connectivity index (χ0n) is 16.7. The second kappa shape index (κ2) is 7.35. The number of nitrogens with two attached hydrogens (primary N) is 2. The molecule has 5 rings (SSSR count). The Morgan fingerprint density at radius 2 is 2.00 bits per heavy atom. The van der Waals surface area contributed by atoms with Crippen molar-refractivity contribution in [3.8, 4) is 0 Å². The van der Waals surface area contributed by atoms with Crippen LogP contribution in [0.1, 0.15) is 33.4 Å². The predicted molar refractivity (Wildman–Crippen MR) is 107 cm³/mol. The number of anilines is 1. The highest BCUT2D eigenvalue weighted by molar-refractivity contribution is 5.98. The molecule has 0 aliphatic carbocycles. The lowest BCUT2D eigenvalue weighted by Gasteiger charge is -2.32. The van der Waals surface area contributed by atoms with Crippen LogP contribution in [0.3, 0.4) is 0 Å². The van der Waals surface area contributed by atoms with Crippen LogP contribution in [0.15, 0.2) is 36.8 Å². The molecule has 1 atom stereocenters. The first-order chi connectivity index (χ1) is 15.6. The molecule has 1 aromatic carbocycles. The third kappa shape index (κ3) is 3.41. The number of carbonyl (C=O) groups excluding carboxylic acids is 1. The first-order valence-electron chi connectivity index (χ1n) is 9.59. The van der Waals surface area contributed by atoms with E-state index in [1.807, 2.05) is 0 Å². The van der Waals surface area contributed by atoms with Crippen molar-refractivity contribution >= 4 is 28.3 Å². The lowest BCUT2D eigenvalue weighted by molar-refractivity contribution is -0.141. The van der Waals surface area contributed by atoms with E-state index >= 15 is 0 Å². The number of aromatic nitrogens is 4. The number of hydrazine groups is 1. The molecule has 4 heterocycles. The zero-order chi connectivity index (χ0) is 23.5. The van der Waals surface area contributed by atoms with Gasteiger partial charge in [0.2, 0.25) is 0 Å². The second-order valence-electron chi connectivity index (χ2n) is 7.44. The lowest BCUT2D eigenvalue weighted by Crippen LogP contribution is -2.44. The Labute approximate surface area is 182 Å². The Morgan fingerprint density at radius 3 is 2.76 bits per heavy atom. The molecule has 3 aromatic heterocycles. The minimum Gasteiger partial charge on any atom is -0.382 e. The Hall–Kier alpha value is -3.84. The van der Waals surface area contributed by atoms with Gasteiger partial charge in [0.25, 0.3) is 5.91 Å². The monoisotopic (exact) mass is 461 g/mol. The van der Waals surface area contributed by atoms with E-state index in [4.69, 9.17) is 16.3 Å². The summed E-state index contributed by atoms with van der Waals surface area (Å²) in [5.74, 6) is 4.37. The second-order valence-corrected chi connectivity index (χ2v) is 7.44. The van der Waals surface area contributed by atoms with Crippen LogP contribution in [0.4, 0.5) is 23.4 Å². The SMILES string of the molecule is Nc1nc2cc(F)c(C(=O)N(N)C3COCc4nc(C(F)(F)F)ccc43)cc2n2cncc12. The molecule has 9 nitrogen and oxygen atoms in total. The average molecular weight is 461 g/mol. The molecule has 0 radical (unpaired) electrons. The smallest absolute Gasteiger partial charge is 0.382 e. The van der Waals surface area contributed by atoms with Gasteiger partial charge in [0, 0.05) is 11.6 Å². The van der Waals surface area contributed by atoms with Crippen molar-refractivity contribution in [1.29, 1.82) is 0 Å². The van der Waals surface area contributed by atoms with Crippen LogP contribution in [0.2, 0.25) is 0 Å². The minimum absolute atomic E-state index is 0.00288. The summed E-state index contributed by atoms with van der Waals surface area (Å²) in [6.45, 7) is -0.269. The molecular formula is C20H15F4N7O2. The van der Waals surface area contributed by atoms with Crippen LogP contribution >= 0.6 is 0 Å². The normalized spacial score (nSPS) is 16.2. The molecule has 13 heteroatoms. The number of benzene rings is 1. The van der Waals surface area contributed by atoms with Gasteiger partial charge in [-0.15, -0.1) is 0 Å². The van der Waals surface area contributed by atoms with Gasteiger partial charge in [-0.25, -0.2) is 25.2 Å². The molecule has 1 aliphatic heterocycles. The van der Waals surface area contributed by atoms with Crippen molar-refractivity contribution in [2.75, 3.05) is 12.3 Å². The standard InChI is InChI=1S/C20H15F4N7O2/c21-11-4-12-14(30-8-27-5-15(30)18(25)29-12)3-10(11)19(32)31(26)16-7-33-6-13-9(16)1-2-17(28-13)20(22,23)24/h1-5,8,16H,6-7,26H2,(H2,25,29). The number of hydrogen-bond acceptors (Lipinski definition) is 7. The highest BCUT2D eigenvalue weighted by Crippen LogP contribution is 2.33. The van der Waals surface area contributed by atoms with Gasteiger partial charge >= 0.3 is 6.18 Å². The van der Waals surface area contributed by atoms with Crippen LogP contribution in [-0.4, -0.2) is 36.9 Å². The van der Waals surface area contributed by atoms with E-state index in [1.54, 1.807) is 4.40 Å². The lowest BCUT2D eigenvalue weighted by atomic mass is 10.0. The highest BCUT2D eigenvalue weighted by Gasteiger charge is 2.36. The number of imidazole rings is 1. The van der Waals surface area contributed by atoms with Crippen LogP contribution in [0, 0.1) is 5.82 Å². The van der Waals surface area contributed by atoms with Gasteiger partial charge in [0.1, 0.15) is 22.8 Å². The largest absolute Gasteiger partial charge is 0.433 e. The Bertz CT molecular complexity index is 1420. The molecular weight excluding hydrogens is 446 g/mol. The molecule has 4 aromatic rings. The van der Waals surface area contributed by atoms with E-state index in [1.165, 1.54) is 24.7 Å². The summed E-state index contributed by atoms with van der Waals surface area (Å²) in [7, 11) is 0. The summed E-state index contributed by atoms with van der Waals surface area (Å²) in [6, 6.07) is 3.35. The number of fused-ring (bicyclic) bond motifs is 4. The molecule has 1 unspecified atom stereocenters. The fourth-order valence-electron chi connectivity index (χ4n) is 3.82. The van der Waals surface area contributed by atoms with Crippen molar-refractivity contribution in [2.45, 2.75) is 18.8 Å². The number of pyridine rings is 1. The maximum absolute atomic E-state index is 14.9. The third-order valence-corrected chi connectivity index (χ3v) is 5.44. The number of halogens is 4. The van der Waals surface area contributed by atoms with Crippen LogP contribution in [-0.2, 0) is 17.5 Å². The molecule has 0 saturated heterocycles. The average Bonchev–Trinajstić information content (AvgIpc) is 3.27. The van der Waals surface area contributed by atoms with Crippen molar-refractivity contribution < 1.29 is 27.1 Å². The van der Waals surface area contributed by atoms with Gasteiger partial charge in [0.05, 0.1) is 54.1 Å². The minimum atomic E-state index is -4.63. The summed E-state index contributed by atoms with van der Waals surface area (Å²) < 4.78 is 60.7. The molecule has 170 valence electrons.